The topological polar surface area (TPSA) is 103 Å². The monoisotopic (exact) mass is 190 g/mol. The van der Waals surface area contributed by atoms with Gasteiger partial charge in [-0.15, -0.1) is 12.3 Å². The minimum Gasteiger partial charge on any atom is -0.772 e. The van der Waals surface area contributed by atoms with Crippen molar-refractivity contribution in [2.45, 2.75) is 17.7 Å². The first-order valence-electron chi connectivity index (χ1n) is 3.00. The SMILES string of the molecule is C#CCC(C(N)C(=O)O)S(=O)[O-]. The molecule has 0 fully saturated rings. The van der Waals surface area contributed by atoms with Gasteiger partial charge in [-0.05, 0) is 11.1 Å². The van der Waals surface area contributed by atoms with Gasteiger partial charge in [0, 0.05) is 6.42 Å². The lowest BCUT2D eigenvalue weighted by Gasteiger charge is -2.20. The van der Waals surface area contributed by atoms with Gasteiger partial charge in [0.1, 0.15) is 6.04 Å². The number of carboxylic acid groups (broad SMARTS) is 1. The fraction of sp³-hybridized carbons (Fsp3) is 0.500. The van der Waals surface area contributed by atoms with Crippen LogP contribution in [0.1, 0.15) is 6.42 Å². The summed E-state index contributed by atoms with van der Waals surface area (Å²) in [5, 5.41) is 7.15. The zero-order valence-corrected chi connectivity index (χ0v) is 6.91. The Hall–Kier alpha value is -0.900. The number of carbonyl (C=O) groups is 1. The Morgan fingerprint density at radius 3 is 2.58 bits per heavy atom. The third kappa shape index (κ3) is 3.00. The first-order valence-corrected chi connectivity index (χ1v) is 4.14. The number of hydrogen-bond acceptors (Lipinski definition) is 4. The molecule has 3 N–H and O–H groups in total. The Morgan fingerprint density at radius 1 is 1.83 bits per heavy atom. The molecule has 0 heterocycles. The lowest BCUT2D eigenvalue weighted by atomic mass is 10.2. The zero-order chi connectivity index (χ0) is 9.72. The molecular weight excluding hydrogens is 182 g/mol. The van der Waals surface area contributed by atoms with Crippen molar-refractivity contribution in [2.24, 2.45) is 5.73 Å². The van der Waals surface area contributed by atoms with E-state index in [-0.39, 0.29) is 6.42 Å². The Kier molecular flexibility index (Phi) is 4.51. The predicted molar refractivity (Wildman–Crippen MR) is 41.8 cm³/mol. The predicted octanol–water partition coefficient (Wildman–Crippen LogP) is -1.33. The van der Waals surface area contributed by atoms with Crippen molar-refractivity contribution in [1.29, 1.82) is 0 Å². The van der Waals surface area contributed by atoms with E-state index in [0.717, 1.165) is 0 Å². The summed E-state index contributed by atoms with van der Waals surface area (Å²) < 4.78 is 20.8. The minimum absolute atomic E-state index is 0.191. The van der Waals surface area contributed by atoms with Crippen molar-refractivity contribution in [3.63, 3.8) is 0 Å². The Labute approximate surface area is 72.2 Å². The normalized spacial score (nSPS) is 17.4. The number of nitrogens with two attached hydrogens (primary N) is 1. The molecule has 0 bridgehead atoms. The van der Waals surface area contributed by atoms with E-state index in [1.54, 1.807) is 0 Å². The molecule has 3 atom stereocenters. The van der Waals surface area contributed by atoms with Gasteiger partial charge in [0.15, 0.2) is 0 Å². The molecule has 68 valence electrons. The van der Waals surface area contributed by atoms with Gasteiger partial charge in [0.25, 0.3) is 0 Å². The van der Waals surface area contributed by atoms with Crippen LogP contribution >= 0.6 is 0 Å². The van der Waals surface area contributed by atoms with Crippen LogP contribution in [0.2, 0.25) is 0 Å². The summed E-state index contributed by atoms with van der Waals surface area (Å²) in [6.45, 7) is 0. The maximum atomic E-state index is 10.4. The lowest BCUT2D eigenvalue weighted by molar-refractivity contribution is -0.138. The second kappa shape index (κ2) is 4.87. The first kappa shape index (κ1) is 11.1. The largest absolute Gasteiger partial charge is 0.772 e. The van der Waals surface area contributed by atoms with Gasteiger partial charge in [0.2, 0.25) is 0 Å². The molecule has 0 aromatic heterocycles. The lowest BCUT2D eigenvalue weighted by Crippen LogP contribution is -2.43. The highest BCUT2D eigenvalue weighted by Gasteiger charge is 2.24. The molecule has 0 aliphatic heterocycles. The summed E-state index contributed by atoms with van der Waals surface area (Å²) in [5.41, 5.74) is 5.06. The summed E-state index contributed by atoms with van der Waals surface area (Å²) in [4.78, 5) is 10.3. The van der Waals surface area contributed by atoms with E-state index in [2.05, 4.69) is 0 Å². The van der Waals surface area contributed by atoms with Crippen molar-refractivity contribution in [1.82, 2.24) is 0 Å². The molecule has 0 aromatic carbocycles. The zero-order valence-electron chi connectivity index (χ0n) is 6.10. The summed E-state index contributed by atoms with van der Waals surface area (Å²) in [6, 6.07) is -1.46. The Morgan fingerprint density at radius 2 is 2.33 bits per heavy atom. The highest BCUT2D eigenvalue weighted by molar-refractivity contribution is 7.79. The molecule has 0 spiro atoms. The van der Waals surface area contributed by atoms with Gasteiger partial charge in [-0.25, -0.2) is 0 Å². The van der Waals surface area contributed by atoms with Crippen LogP contribution in [0.4, 0.5) is 0 Å². The van der Waals surface area contributed by atoms with E-state index < -0.39 is 28.3 Å². The summed E-state index contributed by atoms with van der Waals surface area (Å²) >= 11 is -2.55. The van der Waals surface area contributed by atoms with Crippen molar-refractivity contribution in [3.05, 3.63) is 0 Å². The van der Waals surface area contributed by atoms with Crippen LogP contribution in [-0.4, -0.2) is 31.1 Å². The van der Waals surface area contributed by atoms with Crippen LogP contribution < -0.4 is 5.73 Å². The molecule has 0 rings (SSSR count). The molecule has 5 nitrogen and oxygen atoms in total. The smallest absolute Gasteiger partial charge is 0.321 e. The highest BCUT2D eigenvalue weighted by Crippen LogP contribution is 2.03. The van der Waals surface area contributed by atoms with E-state index in [0.29, 0.717) is 0 Å². The quantitative estimate of drug-likeness (QED) is 0.422. The van der Waals surface area contributed by atoms with Crippen molar-refractivity contribution < 1.29 is 18.7 Å². The number of carboxylic acids is 1. The average Bonchev–Trinajstić information content (AvgIpc) is 1.98. The molecule has 12 heavy (non-hydrogen) atoms. The minimum atomic E-state index is -2.55. The van der Waals surface area contributed by atoms with Gasteiger partial charge >= 0.3 is 5.97 Å². The second-order valence-corrected chi connectivity index (χ2v) is 3.20. The standard InChI is InChI=1S/C6H9NO4S/c1-2-3-4(12(10)11)5(7)6(8)9/h1,4-5H,3,7H2,(H,8,9)(H,10,11)/p-1. The average molecular weight is 190 g/mol. The Bertz CT molecular complexity index is 234. The Balaban J connectivity index is 4.42. The molecular formula is C6H8NO4S-. The molecule has 3 unspecified atom stereocenters. The maximum Gasteiger partial charge on any atom is 0.321 e. The third-order valence-corrected chi connectivity index (χ3v) is 2.21. The number of rotatable bonds is 4. The molecule has 0 aromatic rings. The van der Waals surface area contributed by atoms with Crippen LogP contribution in [0.15, 0.2) is 0 Å². The molecule has 0 saturated heterocycles. The number of aliphatic carboxylic acids is 1. The maximum absolute atomic E-state index is 10.4. The second-order valence-electron chi connectivity index (χ2n) is 2.07. The summed E-state index contributed by atoms with van der Waals surface area (Å²) in [6.07, 6.45) is 4.64. The first-order chi connectivity index (χ1) is 5.50. The molecule has 0 radical (unpaired) electrons. The van der Waals surface area contributed by atoms with E-state index in [1.807, 2.05) is 5.92 Å². The van der Waals surface area contributed by atoms with E-state index in [1.165, 1.54) is 0 Å². The summed E-state index contributed by atoms with van der Waals surface area (Å²) in [5.74, 6) is 0.673. The fourth-order valence-electron chi connectivity index (χ4n) is 0.590. The number of hydrogen-bond donors (Lipinski definition) is 2. The van der Waals surface area contributed by atoms with E-state index >= 15 is 0 Å². The van der Waals surface area contributed by atoms with Crippen molar-refractivity contribution in [2.75, 3.05) is 0 Å². The molecule has 6 heteroatoms. The van der Waals surface area contributed by atoms with Gasteiger partial charge < -0.3 is 15.4 Å². The van der Waals surface area contributed by atoms with Gasteiger partial charge in [-0.1, -0.05) is 0 Å². The van der Waals surface area contributed by atoms with Crippen LogP contribution in [-0.2, 0) is 15.9 Å². The molecule has 0 aliphatic rings. The van der Waals surface area contributed by atoms with Gasteiger partial charge in [-0.3, -0.25) is 9.00 Å². The van der Waals surface area contributed by atoms with Crippen LogP contribution in [0, 0.1) is 12.3 Å². The van der Waals surface area contributed by atoms with Gasteiger partial charge in [-0.2, -0.15) is 0 Å². The van der Waals surface area contributed by atoms with Gasteiger partial charge in [0.05, 0.1) is 5.25 Å². The number of terminal acetylenes is 1. The van der Waals surface area contributed by atoms with Crippen LogP contribution in [0.3, 0.4) is 0 Å². The van der Waals surface area contributed by atoms with Crippen LogP contribution in [0.25, 0.3) is 0 Å². The van der Waals surface area contributed by atoms with E-state index in [9.17, 15) is 13.6 Å². The van der Waals surface area contributed by atoms with Crippen molar-refractivity contribution in [3.8, 4) is 12.3 Å². The summed E-state index contributed by atoms with van der Waals surface area (Å²) in [7, 11) is 0. The fourth-order valence-corrected chi connectivity index (χ4v) is 1.18. The molecule has 0 aliphatic carbocycles. The third-order valence-electron chi connectivity index (χ3n) is 1.25. The van der Waals surface area contributed by atoms with E-state index in [4.69, 9.17) is 17.3 Å². The van der Waals surface area contributed by atoms with Crippen LogP contribution in [0.5, 0.6) is 0 Å². The molecule has 0 saturated carbocycles. The molecule has 0 amide bonds. The highest BCUT2D eigenvalue weighted by atomic mass is 32.2. The van der Waals surface area contributed by atoms with Crippen molar-refractivity contribution >= 4 is 17.0 Å².